The van der Waals surface area contributed by atoms with Gasteiger partial charge in [0.1, 0.15) is 5.69 Å². The fraction of sp³-hybridized carbons (Fsp3) is 0.286. The van der Waals surface area contributed by atoms with Crippen molar-refractivity contribution in [3.8, 4) is 0 Å². The van der Waals surface area contributed by atoms with Crippen molar-refractivity contribution in [1.82, 2.24) is 4.57 Å². The number of Topliss-reactive ketones (excluding diaryl/α,β-unsaturated/α-hetero) is 1. The molecule has 0 saturated heterocycles. The van der Waals surface area contributed by atoms with Crippen LogP contribution in [-0.4, -0.2) is 10.4 Å². The number of aryl methyl sites for hydroxylation is 1. The highest BCUT2D eigenvalue weighted by atomic mass is 35.5. The lowest BCUT2D eigenvalue weighted by Crippen LogP contribution is -3.00. The molecule has 1 rings (SSSR count). The number of hydrogen-bond acceptors (Lipinski definition) is 1. The number of ketones is 1. The van der Waals surface area contributed by atoms with Crippen molar-refractivity contribution >= 4 is 11.5 Å². The number of rotatable bonds is 1. The Kier molecular flexibility index (Phi) is 3.29. The zero-order valence-corrected chi connectivity index (χ0v) is 7.35. The minimum absolute atomic E-state index is 0. The summed E-state index contributed by atoms with van der Waals surface area (Å²) >= 11 is 0. The predicted octanol–water partition coefficient (Wildman–Crippen LogP) is -2.89. The van der Waals surface area contributed by atoms with Crippen molar-refractivity contribution in [2.24, 2.45) is 7.05 Å². The van der Waals surface area contributed by atoms with Crippen molar-refractivity contribution in [2.45, 2.75) is 6.92 Å². The number of carbonyl (C=O) groups is 1. The van der Waals surface area contributed by atoms with E-state index in [4.69, 9.17) is 0 Å². The first kappa shape index (κ1) is 10.2. The molecule has 0 fully saturated rings. The predicted molar refractivity (Wildman–Crippen MR) is 38.0 cm³/mol. The van der Waals surface area contributed by atoms with Gasteiger partial charge in [-0.05, 0) is 0 Å². The summed E-state index contributed by atoms with van der Waals surface area (Å²) in [6.45, 7) is 1.55. The second kappa shape index (κ2) is 3.55. The second-order valence-corrected chi connectivity index (χ2v) is 2.40. The Morgan fingerprint density at radius 1 is 1.64 bits per heavy atom. The summed E-state index contributed by atoms with van der Waals surface area (Å²) < 4.78 is 1.78. The first-order chi connectivity index (χ1) is 4.61. The molecule has 11 heavy (non-hydrogen) atoms. The molecule has 0 saturated carbocycles. The van der Waals surface area contributed by atoms with Gasteiger partial charge in [-0.25, -0.2) is 0 Å². The van der Waals surface area contributed by atoms with E-state index >= 15 is 0 Å². The Balaban J connectivity index is 0.000001000. The molecule has 0 bridgehead atoms. The normalized spacial score (nSPS) is 9.00. The molecule has 0 atom stereocenters. The molecular weight excluding hydrogens is 164 g/mol. The van der Waals surface area contributed by atoms with Crippen molar-refractivity contribution in [1.29, 1.82) is 0 Å². The smallest absolute Gasteiger partial charge is 0.176 e. The third-order valence-corrected chi connectivity index (χ3v) is 1.42. The molecule has 0 aromatic carbocycles. The summed E-state index contributed by atoms with van der Waals surface area (Å²) in [5.74, 6) is 0.0809. The van der Waals surface area contributed by atoms with Gasteiger partial charge < -0.3 is 22.7 Å². The van der Waals surface area contributed by atoms with Crippen LogP contribution in [0.25, 0.3) is 0 Å². The van der Waals surface area contributed by atoms with Gasteiger partial charge in [-0.3, -0.25) is 4.79 Å². The van der Waals surface area contributed by atoms with Crippen LogP contribution in [0.15, 0.2) is 12.3 Å². The van der Waals surface area contributed by atoms with Crippen LogP contribution in [0.1, 0.15) is 17.4 Å². The average Bonchev–Trinajstić information content (AvgIpc) is 2.10. The van der Waals surface area contributed by atoms with Gasteiger partial charge in [0.05, 0.1) is 11.9 Å². The van der Waals surface area contributed by atoms with E-state index in [1.165, 1.54) is 0 Å². The van der Waals surface area contributed by atoms with Crippen molar-refractivity contribution < 1.29 is 22.9 Å². The molecule has 1 aromatic heterocycles. The Morgan fingerprint density at radius 2 is 2.18 bits per heavy atom. The molecule has 0 aliphatic rings. The van der Waals surface area contributed by atoms with Crippen LogP contribution >= 0.6 is 0 Å². The molecule has 3 nitrogen and oxygen atoms in total. The molecule has 0 amide bonds. The van der Waals surface area contributed by atoms with Gasteiger partial charge in [-0.2, -0.15) is 0 Å². The standard InChI is InChI=1S/C7H10N2O.ClH/c1-5(10)7-3-6(8)4-9(7)2;/h3-4H,8H2,1-2H3;1H. The molecule has 62 valence electrons. The molecule has 1 heterocycles. The van der Waals surface area contributed by atoms with E-state index in [2.05, 4.69) is 5.73 Å². The highest BCUT2D eigenvalue weighted by molar-refractivity contribution is 5.93. The molecule has 0 aliphatic heterocycles. The number of halogens is 1. The summed E-state index contributed by atoms with van der Waals surface area (Å²) in [5.41, 5.74) is 5.31. The molecule has 4 heteroatoms. The van der Waals surface area contributed by atoms with Crippen LogP contribution in [0.3, 0.4) is 0 Å². The second-order valence-electron chi connectivity index (χ2n) is 2.40. The molecule has 0 aliphatic carbocycles. The van der Waals surface area contributed by atoms with E-state index in [9.17, 15) is 4.79 Å². The van der Waals surface area contributed by atoms with Crippen LogP contribution in [0.5, 0.6) is 0 Å². The first-order valence-corrected chi connectivity index (χ1v) is 3.10. The lowest BCUT2D eigenvalue weighted by atomic mass is 10.3. The van der Waals surface area contributed by atoms with Gasteiger partial charge in [0.15, 0.2) is 5.78 Å². The van der Waals surface area contributed by atoms with Crippen LogP contribution in [0, 0.1) is 0 Å². The fourth-order valence-electron chi connectivity index (χ4n) is 0.983. The summed E-state index contributed by atoms with van der Waals surface area (Å²) in [6, 6.07) is 1.78. The Morgan fingerprint density at radius 3 is 2.36 bits per heavy atom. The summed E-state index contributed by atoms with van der Waals surface area (Å²) in [5, 5.41) is 0. The first-order valence-electron chi connectivity index (χ1n) is 3.10. The largest absolute Gasteiger partial charge is 1.00 e. The van der Waals surface area contributed by atoms with E-state index in [1.54, 1.807) is 17.6 Å². The zero-order chi connectivity index (χ0) is 7.72. The Labute approximate surface area is 71.6 Å². The summed E-state index contributed by atoms with van der Waals surface area (Å²) in [6.07, 6.45) is 1.83. The van der Waals surface area contributed by atoms with Gasteiger partial charge in [0.25, 0.3) is 0 Å². The van der Waals surface area contributed by atoms with Crippen molar-refractivity contribution in [3.05, 3.63) is 18.0 Å². The Bertz CT molecular complexity index is 267. The van der Waals surface area contributed by atoms with Crippen molar-refractivity contribution in [2.75, 3.05) is 0 Å². The van der Waals surface area contributed by atoms with Gasteiger partial charge in [0.2, 0.25) is 0 Å². The molecule has 1 aromatic rings. The molecule has 0 unspecified atom stereocenters. The quantitative estimate of drug-likeness (QED) is 0.457. The molecular formula is C7H11ClN2O. The third kappa shape index (κ3) is 2.06. The van der Waals surface area contributed by atoms with E-state index in [-0.39, 0.29) is 18.2 Å². The molecule has 3 N–H and O–H groups in total. The average molecular weight is 175 g/mol. The van der Waals surface area contributed by atoms with E-state index in [0.717, 1.165) is 5.69 Å². The van der Waals surface area contributed by atoms with E-state index < -0.39 is 0 Å². The van der Waals surface area contributed by atoms with E-state index in [0.29, 0.717) is 5.69 Å². The maximum absolute atomic E-state index is 10.8. The number of quaternary nitrogens is 1. The lowest BCUT2D eigenvalue weighted by molar-refractivity contribution is -0.254. The number of hydrogen-bond donors (Lipinski definition) is 1. The number of carbonyl (C=O) groups excluding carboxylic acids is 1. The number of nitrogens with zero attached hydrogens (tertiary/aromatic N) is 1. The monoisotopic (exact) mass is 174 g/mol. The van der Waals surface area contributed by atoms with E-state index in [1.807, 2.05) is 13.2 Å². The summed E-state index contributed by atoms with van der Waals surface area (Å²) in [4.78, 5) is 10.8. The summed E-state index contributed by atoms with van der Waals surface area (Å²) in [7, 11) is 1.84. The lowest BCUT2D eigenvalue weighted by Gasteiger charge is -1.93. The van der Waals surface area contributed by atoms with Crippen LogP contribution in [-0.2, 0) is 7.05 Å². The Hall–Kier alpha value is -0.800. The van der Waals surface area contributed by atoms with Gasteiger partial charge >= 0.3 is 0 Å². The highest BCUT2D eigenvalue weighted by Crippen LogP contribution is 2.06. The van der Waals surface area contributed by atoms with Gasteiger partial charge in [0, 0.05) is 20.0 Å². The minimum Gasteiger partial charge on any atom is -1.00 e. The van der Waals surface area contributed by atoms with Crippen LogP contribution < -0.4 is 18.1 Å². The minimum atomic E-state index is 0. The fourth-order valence-corrected chi connectivity index (χ4v) is 0.983. The maximum Gasteiger partial charge on any atom is 0.176 e. The highest BCUT2D eigenvalue weighted by Gasteiger charge is 2.05. The van der Waals surface area contributed by atoms with Gasteiger partial charge in [-0.1, -0.05) is 0 Å². The van der Waals surface area contributed by atoms with Gasteiger partial charge in [-0.15, -0.1) is 0 Å². The maximum atomic E-state index is 10.8. The number of aromatic nitrogens is 1. The van der Waals surface area contributed by atoms with Crippen LogP contribution in [0.4, 0.5) is 5.69 Å². The zero-order valence-electron chi connectivity index (χ0n) is 6.60. The molecule has 0 radical (unpaired) electrons. The molecule has 0 spiro atoms. The van der Waals surface area contributed by atoms with Crippen LogP contribution in [0.2, 0.25) is 0 Å². The third-order valence-electron chi connectivity index (χ3n) is 1.42. The topological polar surface area (TPSA) is 49.6 Å². The SMILES string of the molecule is CC(=O)c1cc([NH3+])cn1C.[Cl-]. The van der Waals surface area contributed by atoms with Crippen molar-refractivity contribution in [3.63, 3.8) is 0 Å².